The molecule has 2 unspecified atom stereocenters. The van der Waals surface area contributed by atoms with Crippen LogP contribution in [0.15, 0.2) is 54.6 Å². The Morgan fingerprint density at radius 3 is 2.57 bits per heavy atom. The highest BCUT2D eigenvalue weighted by Crippen LogP contribution is 2.34. The zero-order valence-corrected chi connectivity index (χ0v) is 12.8. The number of nitrogens with zero attached hydrogens (tertiary/aromatic N) is 1. The highest BCUT2D eigenvalue weighted by Gasteiger charge is 2.32. The van der Waals surface area contributed by atoms with Crippen molar-refractivity contribution >= 4 is 23.2 Å². The highest BCUT2D eigenvalue weighted by atomic mass is 35.5. The number of rotatable bonds is 2. The fraction of sp³-hybridized carbons (Fsp3) is 0.278. The molecule has 2 aromatic carbocycles. The van der Waals surface area contributed by atoms with Crippen LogP contribution in [0, 0.1) is 0 Å². The quantitative estimate of drug-likeness (QED) is 0.756. The van der Waals surface area contributed by atoms with Gasteiger partial charge in [-0.25, -0.2) is 0 Å². The molecular weight excluding hydrogens is 282 g/mol. The smallest absolute Gasteiger partial charge is 0.249 e. The Bertz CT molecular complexity index is 641. The molecule has 0 aromatic heterocycles. The Labute approximate surface area is 130 Å². The molecule has 3 heteroatoms. The Hall–Kier alpha value is -1.80. The van der Waals surface area contributed by atoms with E-state index in [-0.39, 0.29) is 11.9 Å². The number of carbonyl (C=O) groups excluding carboxylic acids is 1. The highest BCUT2D eigenvalue weighted by molar-refractivity contribution is 6.33. The van der Waals surface area contributed by atoms with Crippen LogP contribution >= 0.6 is 11.6 Å². The Morgan fingerprint density at radius 1 is 1.14 bits per heavy atom. The Morgan fingerprint density at radius 2 is 1.81 bits per heavy atom. The summed E-state index contributed by atoms with van der Waals surface area (Å²) >= 11 is 6.43. The molecule has 0 radical (unpaired) electrons. The molecule has 0 saturated heterocycles. The van der Waals surface area contributed by atoms with Gasteiger partial charge in [-0.1, -0.05) is 48.5 Å². The first-order chi connectivity index (χ1) is 10.2. The van der Waals surface area contributed by atoms with Crippen LogP contribution in [0.4, 0.5) is 5.69 Å². The molecule has 2 atom stereocenters. The van der Waals surface area contributed by atoms with Crippen LogP contribution in [0.5, 0.6) is 0 Å². The molecule has 1 heterocycles. The molecule has 0 bridgehead atoms. The lowest BCUT2D eigenvalue weighted by Gasteiger charge is -2.36. The monoisotopic (exact) mass is 299 g/mol. The zero-order chi connectivity index (χ0) is 14.8. The van der Waals surface area contributed by atoms with Gasteiger partial charge in [0.25, 0.3) is 0 Å². The minimum Gasteiger partial charge on any atom is -0.308 e. The van der Waals surface area contributed by atoms with E-state index in [0.29, 0.717) is 0 Å². The first-order valence-corrected chi connectivity index (χ1v) is 7.72. The summed E-state index contributed by atoms with van der Waals surface area (Å²) in [4.78, 5) is 14.7. The largest absolute Gasteiger partial charge is 0.308 e. The fourth-order valence-electron chi connectivity index (χ4n) is 2.91. The maximum atomic E-state index is 12.9. The summed E-state index contributed by atoms with van der Waals surface area (Å²) in [7, 11) is 0. The average molecular weight is 300 g/mol. The van der Waals surface area contributed by atoms with E-state index < -0.39 is 5.38 Å². The molecule has 21 heavy (non-hydrogen) atoms. The molecule has 0 aliphatic carbocycles. The van der Waals surface area contributed by atoms with Crippen LogP contribution in [-0.2, 0) is 11.2 Å². The minimum atomic E-state index is -0.639. The summed E-state index contributed by atoms with van der Waals surface area (Å²) in [5.74, 6) is -0.0393. The van der Waals surface area contributed by atoms with Crippen LogP contribution in [0.1, 0.15) is 29.8 Å². The van der Waals surface area contributed by atoms with Crippen molar-refractivity contribution in [1.29, 1.82) is 0 Å². The van der Waals surface area contributed by atoms with Gasteiger partial charge in [-0.3, -0.25) is 4.79 Å². The van der Waals surface area contributed by atoms with E-state index in [1.807, 2.05) is 53.4 Å². The van der Waals surface area contributed by atoms with Gasteiger partial charge in [-0.05, 0) is 37.0 Å². The lowest BCUT2D eigenvalue weighted by Crippen LogP contribution is -2.43. The summed E-state index contributed by atoms with van der Waals surface area (Å²) in [6, 6.07) is 17.8. The molecule has 108 valence electrons. The molecular formula is C18H18ClNO. The molecule has 1 aliphatic rings. The molecule has 0 saturated carbocycles. The lowest BCUT2D eigenvalue weighted by molar-refractivity contribution is -0.118. The summed E-state index contributed by atoms with van der Waals surface area (Å²) in [6.07, 6.45) is 1.99. The summed E-state index contributed by atoms with van der Waals surface area (Å²) in [5.41, 5.74) is 3.07. The van der Waals surface area contributed by atoms with Gasteiger partial charge in [-0.15, -0.1) is 11.6 Å². The van der Waals surface area contributed by atoms with E-state index in [1.54, 1.807) is 0 Å². The Balaban J connectivity index is 1.94. The van der Waals surface area contributed by atoms with Gasteiger partial charge in [0.2, 0.25) is 5.91 Å². The van der Waals surface area contributed by atoms with E-state index in [4.69, 9.17) is 11.6 Å². The van der Waals surface area contributed by atoms with Gasteiger partial charge in [0.05, 0.1) is 0 Å². The Kier molecular flexibility index (Phi) is 3.98. The van der Waals surface area contributed by atoms with Crippen LogP contribution in [0.3, 0.4) is 0 Å². The number of aryl methyl sites for hydroxylation is 1. The standard InChI is InChI=1S/C18H18ClNO/c1-13-11-12-14-7-5-6-10-16(14)20(13)18(21)17(19)15-8-3-2-4-9-15/h2-10,13,17H,11-12H2,1H3. The fourth-order valence-corrected chi connectivity index (χ4v) is 3.16. The van der Waals surface area contributed by atoms with E-state index in [9.17, 15) is 4.79 Å². The van der Waals surface area contributed by atoms with Gasteiger partial charge < -0.3 is 4.90 Å². The second-order valence-corrected chi connectivity index (χ2v) is 5.93. The number of benzene rings is 2. The SMILES string of the molecule is CC1CCc2ccccc2N1C(=O)C(Cl)c1ccccc1. The van der Waals surface area contributed by atoms with E-state index in [1.165, 1.54) is 5.56 Å². The van der Waals surface area contributed by atoms with Crippen molar-refractivity contribution in [1.82, 2.24) is 0 Å². The van der Waals surface area contributed by atoms with Gasteiger partial charge in [0.1, 0.15) is 5.38 Å². The third-order valence-electron chi connectivity index (χ3n) is 4.07. The molecule has 2 nitrogen and oxygen atoms in total. The van der Waals surface area contributed by atoms with Crippen molar-refractivity contribution in [3.8, 4) is 0 Å². The van der Waals surface area contributed by atoms with Crippen molar-refractivity contribution in [2.75, 3.05) is 4.90 Å². The number of halogens is 1. The van der Waals surface area contributed by atoms with Crippen molar-refractivity contribution in [2.45, 2.75) is 31.2 Å². The first kappa shape index (κ1) is 14.2. The van der Waals surface area contributed by atoms with Gasteiger partial charge >= 0.3 is 0 Å². The van der Waals surface area contributed by atoms with Crippen molar-refractivity contribution in [3.05, 3.63) is 65.7 Å². The summed E-state index contributed by atoms with van der Waals surface area (Å²) < 4.78 is 0. The second-order valence-electron chi connectivity index (χ2n) is 5.50. The third kappa shape index (κ3) is 2.68. The molecule has 3 rings (SSSR count). The lowest BCUT2D eigenvalue weighted by atomic mass is 9.95. The summed E-state index contributed by atoms with van der Waals surface area (Å²) in [5, 5.41) is -0.639. The minimum absolute atomic E-state index is 0.0393. The zero-order valence-electron chi connectivity index (χ0n) is 12.0. The van der Waals surface area contributed by atoms with Crippen LogP contribution in [-0.4, -0.2) is 11.9 Å². The van der Waals surface area contributed by atoms with Crippen LogP contribution in [0.25, 0.3) is 0 Å². The maximum absolute atomic E-state index is 12.9. The van der Waals surface area contributed by atoms with E-state index >= 15 is 0 Å². The van der Waals surface area contributed by atoms with Gasteiger partial charge in [0.15, 0.2) is 0 Å². The average Bonchev–Trinajstić information content (AvgIpc) is 2.54. The number of anilines is 1. The second kappa shape index (κ2) is 5.90. The third-order valence-corrected chi connectivity index (χ3v) is 4.51. The van der Waals surface area contributed by atoms with Gasteiger partial charge in [-0.2, -0.15) is 0 Å². The van der Waals surface area contributed by atoms with Crippen molar-refractivity contribution in [2.24, 2.45) is 0 Å². The molecule has 2 aromatic rings. The number of hydrogen-bond acceptors (Lipinski definition) is 1. The number of para-hydroxylation sites is 1. The van der Waals surface area contributed by atoms with Crippen LogP contribution < -0.4 is 4.90 Å². The molecule has 1 amide bonds. The maximum Gasteiger partial charge on any atom is 0.249 e. The number of alkyl halides is 1. The molecule has 0 N–H and O–H groups in total. The van der Waals surface area contributed by atoms with Crippen LogP contribution in [0.2, 0.25) is 0 Å². The number of carbonyl (C=O) groups is 1. The van der Waals surface area contributed by atoms with Gasteiger partial charge in [0, 0.05) is 11.7 Å². The van der Waals surface area contributed by atoms with Crippen molar-refractivity contribution < 1.29 is 4.79 Å². The number of amides is 1. The topological polar surface area (TPSA) is 20.3 Å². The number of fused-ring (bicyclic) bond motifs is 1. The summed E-state index contributed by atoms with van der Waals surface area (Å²) in [6.45, 7) is 2.09. The van der Waals surface area contributed by atoms with E-state index in [0.717, 1.165) is 24.1 Å². The molecule has 1 aliphatic heterocycles. The predicted molar refractivity (Wildman–Crippen MR) is 86.7 cm³/mol. The number of hydrogen-bond donors (Lipinski definition) is 0. The predicted octanol–water partition coefficient (Wildman–Crippen LogP) is 4.33. The first-order valence-electron chi connectivity index (χ1n) is 7.28. The van der Waals surface area contributed by atoms with Crippen molar-refractivity contribution in [3.63, 3.8) is 0 Å². The van der Waals surface area contributed by atoms with E-state index in [2.05, 4.69) is 13.0 Å². The molecule has 0 fully saturated rings. The molecule has 0 spiro atoms. The normalized spacial score (nSPS) is 19.0.